The van der Waals surface area contributed by atoms with Crippen LogP contribution in [0.2, 0.25) is 0 Å². The van der Waals surface area contributed by atoms with Crippen LogP contribution in [-0.2, 0) is 11.2 Å². The molecule has 132 valence electrons. The number of fused-ring (bicyclic) bond motifs is 1. The molecule has 0 saturated heterocycles. The molecule has 1 unspecified atom stereocenters. The summed E-state index contributed by atoms with van der Waals surface area (Å²) in [6.45, 7) is 10.4. The molecule has 0 fully saturated rings. The largest absolute Gasteiger partial charge is 0.487 e. The molecule has 0 spiro atoms. The average molecular weight is 337 g/mol. The maximum Gasteiger partial charge on any atom is 0.224 e. The standard InChI is InChI=1S/C22H27NO2/c1-14-6-9-18-19(13-22(4,5)25-20(18)10-14)23-21(24)12-17-8-7-15(2)16(3)11-17/h6-11,19H,12-13H2,1-5H3,(H,23,24). The van der Waals surface area contributed by atoms with Crippen molar-refractivity contribution in [3.63, 3.8) is 0 Å². The summed E-state index contributed by atoms with van der Waals surface area (Å²) < 4.78 is 6.11. The number of aryl methyl sites for hydroxylation is 3. The normalized spacial score (nSPS) is 18.2. The Morgan fingerprint density at radius 2 is 1.88 bits per heavy atom. The molecule has 0 aliphatic carbocycles. The molecule has 0 bridgehead atoms. The number of carbonyl (C=O) groups is 1. The van der Waals surface area contributed by atoms with Gasteiger partial charge in [-0.05, 0) is 62.9 Å². The smallest absolute Gasteiger partial charge is 0.224 e. The molecule has 3 nitrogen and oxygen atoms in total. The first kappa shape index (κ1) is 17.5. The average Bonchev–Trinajstić information content (AvgIpc) is 2.49. The van der Waals surface area contributed by atoms with Gasteiger partial charge in [0, 0.05) is 12.0 Å². The molecule has 1 heterocycles. The number of ether oxygens (including phenoxy) is 1. The predicted octanol–water partition coefficient (Wildman–Crippen LogP) is 4.57. The summed E-state index contributed by atoms with van der Waals surface area (Å²) in [5.74, 6) is 0.935. The van der Waals surface area contributed by atoms with Gasteiger partial charge in [-0.15, -0.1) is 0 Å². The van der Waals surface area contributed by atoms with Crippen molar-refractivity contribution in [1.29, 1.82) is 0 Å². The van der Waals surface area contributed by atoms with Gasteiger partial charge in [0.25, 0.3) is 0 Å². The molecule has 25 heavy (non-hydrogen) atoms. The van der Waals surface area contributed by atoms with Gasteiger partial charge in [0.2, 0.25) is 5.91 Å². The van der Waals surface area contributed by atoms with Gasteiger partial charge in [-0.25, -0.2) is 0 Å². The molecule has 2 aromatic rings. The van der Waals surface area contributed by atoms with Crippen LogP contribution in [0.25, 0.3) is 0 Å². The van der Waals surface area contributed by atoms with Crippen molar-refractivity contribution in [1.82, 2.24) is 5.32 Å². The van der Waals surface area contributed by atoms with Gasteiger partial charge in [-0.3, -0.25) is 4.79 Å². The van der Waals surface area contributed by atoms with Crippen LogP contribution in [0.15, 0.2) is 36.4 Å². The number of nitrogens with one attached hydrogen (secondary N) is 1. The van der Waals surface area contributed by atoms with Crippen LogP contribution in [0.4, 0.5) is 0 Å². The maximum absolute atomic E-state index is 12.6. The summed E-state index contributed by atoms with van der Waals surface area (Å²) in [4.78, 5) is 12.6. The lowest BCUT2D eigenvalue weighted by Crippen LogP contribution is -2.41. The molecule has 0 saturated carbocycles. The highest BCUT2D eigenvalue weighted by Gasteiger charge is 2.34. The molecule has 0 aromatic heterocycles. The van der Waals surface area contributed by atoms with E-state index < -0.39 is 0 Å². The molecule has 3 rings (SSSR count). The Morgan fingerprint density at radius 1 is 1.12 bits per heavy atom. The number of hydrogen-bond donors (Lipinski definition) is 1. The van der Waals surface area contributed by atoms with E-state index in [4.69, 9.17) is 4.74 Å². The minimum Gasteiger partial charge on any atom is -0.487 e. The number of benzene rings is 2. The Labute approximate surface area is 150 Å². The SMILES string of the molecule is Cc1ccc2c(c1)OC(C)(C)CC2NC(=O)Cc1ccc(C)c(C)c1. The molecule has 2 aromatic carbocycles. The number of hydrogen-bond acceptors (Lipinski definition) is 2. The van der Waals surface area contributed by atoms with Gasteiger partial charge in [0.15, 0.2) is 0 Å². The lowest BCUT2D eigenvalue weighted by atomic mass is 9.89. The third-order valence-corrected chi connectivity index (χ3v) is 4.90. The summed E-state index contributed by atoms with van der Waals surface area (Å²) in [7, 11) is 0. The minimum atomic E-state index is -0.292. The highest BCUT2D eigenvalue weighted by atomic mass is 16.5. The number of amides is 1. The van der Waals surface area contributed by atoms with E-state index in [0.29, 0.717) is 6.42 Å². The first-order chi connectivity index (χ1) is 11.7. The Morgan fingerprint density at radius 3 is 2.60 bits per heavy atom. The fraction of sp³-hybridized carbons (Fsp3) is 0.409. The Kier molecular flexibility index (Phi) is 4.59. The fourth-order valence-corrected chi connectivity index (χ4v) is 3.43. The zero-order chi connectivity index (χ0) is 18.2. The topological polar surface area (TPSA) is 38.3 Å². The van der Waals surface area contributed by atoms with Crippen LogP contribution < -0.4 is 10.1 Å². The highest BCUT2D eigenvalue weighted by molar-refractivity contribution is 5.79. The number of rotatable bonds is 3. The van der Waals surface area contributed by atoms with Gasteiger partial charge in [-0.1, -0.05) is 30.3 Å². The van der Waals surface area contributed by atoms with Crippen LogP contribution in [0.1, 0.15) is 54.1 Å². The minimum absolute atomic E-state index is 0.0154. The van der Waals surface area contributed by atoms with Gasteiger partial charge in [0.1, 0.15) is 11.4 Å². The third-order valence-electron chi connectivity index (χ3n) is 4.90. The monoisotopic (exact) mass is 337 g/mol. The number of carbonyl (C=O) groups excluding carboxylic acids is 1. The molecule has 0 radical (unpaired) electrons. The van der Waals surface area contributed by atoms with Crippen LogP contribution in [0.3, 0.4) is 0 Å². The third kappa shape index (κ3) is 4.04. The molecule has 1 aliphatic heterocycles. The second-order valence-electron chi connectivity index (χ2n) is 7.82. The van der Waals surface area contributed by atoms with E-state index in [1.165, 1.54) is 11.1 Å². The van der Waals surface area contributed by atoms with Crippen LogP contribution >= 0.6 is 0 Å². The van der Waals surface area contributed by atoms with Crippen molar-refractivity contribution in [2.75, 3.05) is 0 Å². The van der Waals surface area contributed by atoms with E-state index in [1.807, 2.05) is 6.07 Å². The highest BCUT2D eigenvalue weighted by Crippen LogP contribution is 2.39. The summed E-state index contributed by atoms with van der Waals surface area (Å²) in [5.41, 5.74) is 5.46. The summed E-state index contributed by atoms with van der Waals surface area (Å²) in [6.07, 6.45) is 1.17. The zero-order valence-electron chi connectivity index (χ0n) is 15.8. The van der Waals surface area contributed by atoms with Crippen molar-refractivity contribution in [3.05, 3.63) is 64.2 Å². The van der Waals surface area contributed by atoms with E-state index in [1.54, 1.807) is 0 Å². The lowest BCUT2D eigenvalue weighted by molar-refractivity contribution is -0.121. The molecule has 1 atom stereocenters. The van der Waals surface area contributed by atoms with Crippen LogP contribution in [0.5, 0.6) is 5.75 Å². The van der Waals surface area contributed by atoms with Crippen molar-refractivity contribution in [3.8, 4) is 5.75 Å². The molecule has 1 aliphatic rings. The van der Waals surface area contributed by atoms with Crippen LogP contribution in [-0.4, -0.2) is 11.5 Å². The predicted molar refractivity (Wildman–Crippen MR) is 101 cm³/mol. The Hall–Kier alpha value is -2.29. The van der Waals surface area contributed by atoms with E-state index >= 15 is 0 Å². The summed E-state index contributed by atoms with van der Waals surface area (Å²) in [5, 5.41) is 3.21. The van der Waals surface area contributed by atoms with Gasteiger partial charge in [0.05, 0.1) is 12.5 Å². The van der Waals surface area contributed by atoms with Gasteiger partial charge < -0.3 is 10.1 Å². The molecule has 1 amide bonds. The first-order valence-electron chi connectivity index (χ1n) is 8.88. The molecular weight excluding hydrogens is 310 g/mol. The van der Waals surface area contributed by atoms with E-state index in [9.17, 15) is 4.79 Å². The van der Waals surface area contributed by atoms with Crippen molar-refractivity contribution in [2.45, 2.75) is 59.1 Å². The van der Waals surface area contributed by atoms with Crippen LogP contribution in [0, 0.1) is 20.8 Å². The molecule has 3 heteroatoms. The van der Waals surface area contributed by atoms with Crippen molar-refractivity contribution < 1.29 is 9.53 Å². The summed E-state index contributed by atoms with van der Waals surface area (Å²) >= 11 is 0. The summed E-state index contributed by atoms with van der Waals surface area (Å²) in [6, 6.07) is 12.4. The van der Waals surface area contributed by atoms with Gasteiger partial charge in [-0.2, -0.15) is 0 Å². The van der Waals surface area contributed by atoms with Gasteiger partial charge >= 0.3 is 0 Å². The first-order valence-corrected chi connectivity index (χ1v) is 8.88. The lowest BCUT2D eigenvalue weighted by Gasteiger charge is -2.38. The zero-order valence-corrected chi connectivity index (χ0v) is 15.8. The quantitative estimate of drug-likeness (QED) is 0.891. The van der Waals surface area contributed by atoms with E-state index in [0.717, 1.165) is 28.9 Å². The second kappa shape index (κ2) is 6.55. The maximum atomic E-state index is 12.6. The van der Waals surface area contributed by atoms with Crippen molar-refractivity contribution >= 4 is 5.91 Å². The molecular formula is C22H27NO2. The van der Waals surface area contributed by atoms with E-state index in [-0.39, 0.29) is 17.6 Å². The van der Waals surface area contributed by atoms with E-state index in [2.05, 4.69) is 70.3 Å². The Bertz CT molecular complexity index is 808. The second-order valence-corrected chi connectivity index (χ2v) is 7.82. The van der Waals surface area contributed by atoms with Crippen molar-refractivity contribution in [2.24, 2.45) is 0 Å². The molecule has 1 N–H and O–H groups in total. The fourth-order valence-electron chi connectivity index (χ4n) is 3.43. The Balaban J connectivity index is 1.77.